The van der Waals surface area contributed by atoms with Crippen LogP contribution >= 0.6 is 15.9 Å². The van der Waals surface area contributed by atoms with Crippen molar-refractivity contribution in [1.29, 1.82) is 0 Å². The van der Waals surface area contributed by atoms with Crippen molar-refractivity contribution in [2.24, 2.45) is 0 Å². The lowest BCUT2D eigenvalue weighted by atomic mass is 10.2. The fourth-order valence-electron chi connectivity index (χ4n) is 2.15. The molecule has 0 unspecified atom stereocenters. The Kier molecular flexibility index (Phi) is 4.12. The van der Waals surface area contributed by atoms with Crippen LogP contribution in [0, 0.1) is 5.82 Å². The Labute approximate surface area is 138 Å². The first-order chi connectivity index (χ1) is 11.0. The summed E-state index contributed by atoms with van der Waals surface area (Å²) < 4.78 is 14.8. The number of benzene rings is 2. The molecule has 3 rings (SSSR count). The van der Waals surface area contributed by atoms with E-state index in [9.17, 15) is 14.0 Å². The minimum absolute atomic E-state index is 0.107. The molecular weight excluding hydrogens is 365 g/mol. The molecule has 0 fully saturated rings. The number of aromatic nitrogens is 1. The summed E-state index contributed by atoms with van der Waals surface area (Å²) in [6.45, 7) is 0. The molecular formula is C16H11BrFN3O2. The lowest BCUT2D eigenvalue weighted by molar-refractivity contribution is 0.262. The number of fused-ring (bicyclic) bond motifs is 1. The average Bonchev–Trinajstić information content (AvgIpc) is 2.48. The van der Waals surface area contributed by atoms with Crippen LogP contribution in [0.4, 0.5) is 20.6 Å². The van der Waals surface area contributed by atoms with Gasteiger partial charge in [-0.3, -0.25) is 4.79 Å². The van der Waals surface area contributed by atoms with Gasteiger partial charge in [0.25, 0.3) is 0 Å². The van der Waals surface area contributed by atoms with Crippen molar-refractivity contribution in [1.82, 2.24) is 4.98 Å². The zero-order valence-corrected chi connectivity index (χ0v) is 13.3. The number of H-pyrrole nitrogens is 1. The third kappa shape index (κ3) is 3.57. The fraction of sp³-hybridized carbons (Fsp3) is 0. The molecule has 0 aliphatic rings. The molecule has 7 heteroatoms. The van der Waals surface area contributed by atoms with Gasteiger partial charge >= 0.3 is 6.03 Å². The first-order valence-electron chi connectivity index (χ1n) is 6.67. The van der Waals surface area contributed by atoms with E-state index in [0.717, 1.165) is 10.5 Å². The third-order valence-corrected chi connectivity index (χ3v) is 3.62. The van der Waals surface area contributed by atoms with Crippen molar-refractivity contribution in [3.8, 4) is 0 Å². The molecule has 2 aromatic carbocycles. The SMILES string of the molecule is O=C(Nc1cccc(Br)c1)Nc1cc(F)c2[nH]c(=O)ccc2c1. The van der Waals surface area contributed by atoms with E-state index >= 15 is 0 Å². The summed E-state index contributed by atoms with van der Waals surface area (Å²) in [5.74, 6) is -0.613. The molecule has 0 spiro atoms. The predicted molar refractivity (Wildman–Crippen MR) is 91.3 cm³/mol. The van der Waals surface area contributed by atoms with E-state index in [1.54, 1.807) is 24.3 Å². The second kappa shape index (κ2) is 6.21. The van der Waals surface area contributed by atoms with Crippen LogP contribution in [0.2, 0.25) is 0 Å². The van der Waals surface area contributed by atoms with E-state index in [1.807, 2.05) is 6.07 Å². The minimum atomic E-state index is -0.613. The molecule has 3 N–H and O–H groups in total. The highest BCUT2D eigenvalue weighted by atomic mass is 79.9. The summed E-state index contributed by atoms with van der Waals surface area (Å²) in [6, 6.07) is 12.1. The number of aromatic amines is 1. The maximum absolute atomic E-state index is 14.0. The zero-order chi connectivity index (χ0) is 16.4. The van der Waals surface area contributed by atoms with Crippen molar-refractivity contribution >= 4 is 44.2 Å². The van der Waals surface area contributed by atoms with E-state index in [4.69, 9.17) is 0 Å². The first kappa shape index (κ1) is 15.2. The maximum atomic E-state index is 14.0. The van der Waals surface area contributed by atoms with Crippen LogP contribution in [-0.2, 0) is 0 Å². The lowest BCUT2D eigenvalue weighted by Crippen LogP contribution is -2.19. The molecule has 116 valence electrons. The first-order valence-corrected chi connectivity index (χ1v) is 7.47. The second-order valence-electron chi connectivity index (χ2n) is 4.83. The molecule has 0 aliphatic carbocycles. The summed E-state index contributed by atoms with van der Waals surface area (Å²) in [7, 11) is 0. The molecule has 23 heavy (non-hydrogen) atoms. The minimum Gasteiger partial charge on any atom is -0.319 e. The second-order valence-corrected chi connectivity index (χ2v) is 5.75. The Bertz CT molecular complexity index is 955. The number of nitrogens with one attached hydrogen (secondary N) is 3. The quantitative estimate of drug-likeness (QED) is 0.631. The highest BCUT2D eigenvalue weighted by Gasteiger charge is 2.08. The van der Waals surface area contributed by atoms with Crippen molar-refractivity contribution in [3.63, 3.8) is 0 Å². The maximum Gasteiger partial charge on any atom is 0.323 e. The van der Waals surface area contributed by atoms with Gasteiger partial charge in [0.2, 0.25) is 5.56 Å². The molecule has 0 radical (unpaired) electrons. The van der Waals surface area contributed by atoms with Crippen LogP contribution in [0.15, 0.2) is 57.8 Å². The van der Waals surface area contributed by atoms with Crippen LogP contribution in [0.3, 0.4) is 0 Å². The number of carbonyl (C=O) groups excluding carboxylic acids is 1. The molecule has 3 aromatic rings. The molecule has 0 atom stereocenters. The number of hydrogen-bond donors (Lipinski definition) is 3. The van der Waals surface area contributed by atoms with Crippen LogP contribution in [-0.4, -0.2) is 11.0 Å². The molecule has 5 nitrogen and oxygen atoms in total. The van der Waals surface area contributed by atoms with Gasteiger partial charge in [0.15, 0.2) is 0 Å². The number of amides is 2. The van der Waals surface area contributed by atoms with Gasteiger partial charge in [-0.05, 0) is 36.4 Å². The zero-order valence-electron chi connectivity index (χ0n) is 11.7. The van der Waals surface area contributed by atoms with Crippen LogP contribution in [0.5, 0.6) is 0 Å². The van der Waals surface area contributed by atoms with Crippen LogP contribution in [0.25, 0.3) is 10.9 Å². The normalized spacial score (nSPS) is 10.5. The number of pyridine rings is 1. The number of hydrogen-bond acceptors (Lipinski definition) is 2. The Morgan fingerprint density at radius 1 is 1.04 bits per heavy atom. The summed E-state index contributed by atoms with van der Waals surface area (Å²) in [5.41, 5.74) is 0.608. The summed E-state index contributed by atoms with van der Waals surface area (Å²) >= 11 is 3.31. The van der Waals surface area contributed by atoms with Gasteiger partial charge in [0.05, 0.1) is 5.52 Å². The molecule has 0 aliphatic heterocycles. The van der Waals surface area contributed by atoms with Crippen LogP contribution in [0.1, 0.15) is 0 Å². The molecule has 1 aromatic heterocycles. The van der Waals surface area contributed by atoms with Gasteiger partial charge in [-0.2, -0.15) is 0 Å². The van der Waals surface area contributed by atoms with Crippen molar-refractivity contribution < 1.29 is 9.18 Å². The van der Waals surface area contributed by atoms with E-state index < -0.39 is 11.8 Å². The van der Waals surface area contributed by atoms with E-state index in [0.29, 0.717) is 11.1 Å². The predicted octanol–water partition coefficient (Wildman–Crippen LogP) is 4.07. The van der Waals surface area contributed by atoms with Gasteiger partial charge in [0, 0.05) is 27.3 Å². The number of urea groups is 1. The topological polar surface area (TPSA) is 74.0 Å². The van der Waals surface area contributed by atoms with Gasteiger partial charge in [0.1, 0.15) is 5.82 Å². The number of rotatable bonds is 2. The molecule has 0 saturated heterocycles. The van der Waals surface area contributed by atoms with Crippen molar-refractivity contribution in [3.05, 3.63) is 69.2 Å². The van der Waals surface area contributed by atoms with Gasteiger partial charge < -0.3 is 15.6 Å². The van der Waals surface area contributed by atoms with Crippen LogP contribution < -0.4 is 16.2 Å². The standard InChI is InChI=1S/C16H11BrFN3O2/c17-10-2-1-3-11(7-10)19-16(23)20-12-6-9-4-5-14(22)21-15(9)13(18)8-12/h1-8H,(H,21,22)(H2,19,20,23). The van der Waals surface area contributed by atoms with Gasteiger partial charge in [-0.25, -0.2) is 9.18 Å². The van der Waals surface area contributed by atoms with Gasteiger partial charge in [-0.15, -0.1) is 0 Å². The largest absolute Gasteiger partial charge is 0.323 e. The summed E-state index contributed by atoms with van der Waals surface area (Å²) in [4.78, 5) is 25.6. The number of halogens is 2. The van der Waals surface area contributed by atoms with E-state index in [1.165, 1.54) is 12.1 Å². The Hall–Kier alpha value is -2.67. The number of carbonyl (C=O) groups is 1. The lowest BCUT2D eigenvalue weighted by Gasteiger charge is -2.09. The van der Waals surface area contributed by atoms with Crippen molar-refractivity contribution in [2.45, 2.75) is 0 Å². The fourth-order valence-corrected chi connectivity index (χ4v) is 2.55. The highest BCUT2D eigenvalue weighted by molar-refractivity contribution is 9.10. The smallest absolute Gasteiger partial charge is 0.319 e. The van der Waals surface area contributed by atoms with Gasteiger partial charge in [-0.1, -0.05) is 22.0 Å². The average molecular weight is 376 g/mol. The van der Waals surface area contributed by atoms with Crippen molar-refractivity contribution in [2.75, 3.05) is 10.6 Å². The monoisotopic (exact) mass is 375 g/mol. The molecule has 2 amide bonds. The molecule has 1 heterocycles. The molecule has 0 saturated carbocycles. The highest BCUT2D eigenvalue weighted by Crippen LogP contribution is 2.21. The third-order valence-electron chi connectivity index (χ3n) is 3.12. The van der Waals surface area contributed by atoms with E-state index in [-0.39, 0.29) is 16.8 Å². The Morgan fingerprint density at radius 2 is 1.83 bits per heavy atom. The summed E-state index contributed by atoms with van der Waals surface area (Å²) in [6.07, 6.45) is 0. The number of anilines is 2. The molecule has 0 bridgehead atoms. The van der Waals surface area contributed by atoms with E-state index in [2.05, 4.69) is 31.5 Å². The Morgan fingerprint density at radius 3 is 2.61 bits per heavy atom. The Balaban J connectivity index is 1.82. The summed E-state index contributed by atoms with van der Waals surface area (Å²) in [5, 5.41) is 5.70.